The van der Waals surface area contributed by atoms with Crippen LogP contribution in [-0.4, -0.2) is 39.7 Å². The van der Waals surface area contributed by atoms with Crippen molar-refractivity contribution in [3.63, 3.8) is 0 Å². The molecule has 2 aliphatic rings. The molecule has 6 nitrogen and oxygen atoms in total. The molecule has 0 bridgehead atoms. The monoisotopic (exact) mass is 325 g/mol. The Morgan fingerprint density at radius 3 is 3.00 bits per heavy atom. The van der Waals surface area contributed by atoms with Crippen molar-refractivity contribution in [2.45, 2.75) is 38.9 Å². The van der Waals surface area contributed by atoms with Gasteiger partial charge in [-0.05, 0) is 30.9 Å². The van der Waals surface area contributed by atoms with Crippen LogP contribution >= 0.6 is 0 Å². The molecule has 0 radical (unpaired) electrons. The fraction of sp³-hybridized carbons (Fsp3) is 0.444. The molecule has 1 aromatic carbocycles. The van der Waals surface area contributed by atoms with Gasteiger partial charge in [0.2, 0.25) is 5.91 Å². The van der Waals surface area contributed by atoms with Gasteiger partial charge >= 0.3 is 0 Å². The Labute approximate surface area is 141 Å². The van der Waals surface area contributed by atoms with E-state index in [-0.39, 0.29) is 11.9 Å². The number of carbonyl (C=O) groups excluding carboxylic acids is 1. The molecule has 2 aromatic rings. The number of aromatic nitrogens is 2. The molecule has 0 saturated carbocycles. The predicted molar refractivity (Wildman–Crippen MR) is 94.0 cm³/mol. The van der Waals surface area contributed by atoms with E-state index in [0.717, 1.165) is 50.5 Å². The predicted octanol–water partition coefficient (Wildman–Crippen LogP) is 2.08. The van der Waals surface area contributed by atoms with Crippen molar-refractivity contribution in [1.29, 1.82) is 0 Å². The Hall–Kier alpha value is -2.34. The molecule has 1 atom stereocenters. The minimum atomic E-state index is -0.169. The summed E-state index contributed by atoms with van der Waals surface area (Å²) in [5, 5.41) is 10.7. The SMILES string of the molecule is CC(C(=O)Nc1cnn2c1NCCC2)N1CCc2ccccc2C1. The van der Waals surface area contributed by atoms with Crippen molar-refractivity contribution in [2.75, 3.05) is 23.7 Å². The normalized spacial score (nSPS) is 18.2. The third-order valence-electron chi connectivity index (χ3n) is 5.02. The zero-order valence-corrected chi connectivity index (χ0v) is 14.0. The lowest BCUT2D eigenvalue weighted by atomic mass is 9.99. The first-order valence-corrected chi connectivity index (χ1v) is 8.64. The first-order valence-electron chi connectivity index (χ1n) is 8.64. The van der Waals surface area contributed by atoms with Crippen molar-refractivity contribution in [1.82, 2.24) is 14.7 Å². The van der Waals surface area contributed by atoms with Gasteiger partial charge in [-0.1, -0.05) is 24.3 Å². The second-order valence-corrected chi connectivity index (χ2v) is 6.56. The molecule has 1 aromatic heterocycles. The summed E-state index contributed by atoms with van der Waals surface area (Å²) in [4.78, 5) is 14.9. The zero-order chi connectivity index (χ0) is 16.5. The summed E-state index contributed by atoms with van der Waals surface area (Å²) in [5.74, 6) is 0.948. The summed E-state index contributed by atoms with van der Waals surface area (Å²) >= 11 is 0. The van der Waals surface area contributed by atoms with Gasteiger partial charge in [-0.15, -0.1) is 0 Å². The standard InChI is InChI=1S/C18H23N5O/c1-13(22-10-7-14-5-2-3-6-15(14)12-22)18(24)21-16-11-20-23-9-4-8-19-17(16)23/h2-3,5-6,11,13,19H,4,7-10,12H2,1H3,(H,21,24). The Kier molecular flexibility index (Phi) is 3.98. The van der Waals surface area contributed by atoms with E-state index in [1.54, 1.807) is 6.20 Å². The minimum absolute atomic E-state index is 0.0255. The lowest BCUT2D eigenvalue weighted by Gasteiger charge is -2.32. The van der Waals surface area contributed by atoms with E-state index < -0.39 is 0 Å². The maximum atomic E-state index is 12.7. The summed E-state index contributed by atoms with van der Waals surface area (Å²) in [6, 6.07) is 8.32. The molecule has 126 valence electrons. The molecule has 0 aliphatic carbocycles. The number of hydrogen-bond acceptors (Lipinski definition) is 4. The highest BCUT2D eigenvalue weighted by molar-refractivity contribution is 5.96. The summed E-state index contributed by atoms with van der Waals surface area (Å²) < 4.78 is 1.92. The molecule has 1 unspecified atom stereocenters. The largest absolute Gasteiger partial charge is 0.368 e. The van der Waals surface area contributed by atoms with Gasteiger partial charge in [0.1, 0.15) is 11.5 Å². The van der Waals surface area contributed by atoms with Gasteiger partial charge in [0.25, 0.3) is 0 Å². The van der Waals surface area contributed by atoms with E-state index in [1.165, 1.54) is 11.1 Å². The lowest BCUT2D eigenvalue weighted by molar-refractivity contribution is -0.121. The fourth-order valence-corrected chi connectivity index (χ4v) is 3.52. The molecule has 24 heavy (non-hydrogen) atoms. The molecule has 2 N–H and O–H groups in total. The number of nitrogens with one attached hydrogen (secondary N) is 2. The number of aryl methyl sites for hydroxylation is 1. The van der Waals surface area contributed by atoms with Crippen LogP contribution in [0.3, 0.4) is 0 Å². The second-order valence-electron chi connectivity index (χ2n) is 6.56. The van der Waals surface area contributed by atoms with Gasteiger partial charge in [0.15, 0.2) is 0 Å². The van der Waals surface area contributed by atoms with Crippen LogP contribution in [0.1, 0.15) is 24.5 Å². The molecule has 6 heteroatoms. The lowest BCUT2D eigenvalue weighted by Crippen LogP contribution is -2.44. The van der Waals surface area contributed by atoms with Crippen LogP contribution in [-0.2, 0) is 24.3 Å². The van der Waals surface area contributed by atoms with Crippen molar-refractivity contribution >= 4 is 17.4 Å². The van der Waals surface area contributed by atoms with E-state index in [2.05, 4.69) is 44.9 Å². The average Bonchev–Trinajstić information content (AvgIpc) is 3.03. The first-order chi connectivity index (χ1) is 11.7. The summed E-state index contributed by atoms with van der Waals surface area (Å²) in [6.07, 6.45) is 3.80. The number of carbonyl (C=O) groups is 1. The molecule has 0 saturated heterocycles. The molecular weight excluding hydrogens is 302 g/mol. The molecule has 3 heterocycles. The molecule has 1 amide bonds. The van der Waals surface area contributed by atoms with E-state index in [1.807, 2.05) is 11.6 Å². The third kappa shape index (κ3) is 2.78. The van der Waals surface area contributed by atoms with E-state index in [9.17, 15) is 4.79 Å². The van der Waals surface area contributed by atoms with E-state index >= 15 is 0 Å². The van der Waals surface area contributed by atoms with Crippen LogP contribution < -0.4 is 10.6 Å². The van der Waals surface area contributed by atoms with Crippen molar-refractivity contribution in [2.24, 2.45) is 0 Å². The highest BCUT2D eigenvalue weighted by Crippen LogP contribution is 2.25. The molecule has 0 spiro atoms. The third-order valence-corrected chi connectivity index (χ3v) is 5.02. The number of benzene rings is 1. The Balaban J connectivity index is 1.44. The second kappa shape index (κ2) is 6.28. The number of fused-ring (bicyclic) bond motifs is 2. The number of nitrogens with zero attached hydrogens (tertiary/aromatic N) is 3. The summed E-state index contributed by atoms with van der Waals surface area (Å²) in [7, 11) is 0. The van der Waals surface area contributed by atoms with Crippen LogP contribution in [0.15, 0.2) is 30.5 Å². The first kappa shape index (κ1) is 15.2. The van der Waals surface area contributed by atoms with Gasteiger partial charge < -0.3 is 10.6 Å². The van der Waals surface area contributed by atoms with Crippen LogP contribution in [0, 0.1) is 0 Å². The molecule has 2 aliphatic heterocycles. The Morgan fingerprint density at radius 1 is 1.29 bits per heavy atom. The number of hydrogen-bond donors (Lipinski definition) is 2. The van der Waals surface area contributed by atoms with Crippen molar-refractivity contribution in [3.8, 4) is 0 Å². The van der Waals surface area contributed by atoms with Crippen LogP contribution in [0.4, 0.5) is 11.5 Å². The highest BCUT2D eigenvalue weighted by Gasteiger charge is 2.26. The molecule has 4 rings (SSSR count). The van der Waals surface area contributed by atoms with Gasteiger partial charge in [-0.25, -0.2) is 4.68 Å². The quantitative estimate of drug-likeness (QED) is 0.907. The topological polar surface area (TPSA) is 62.2 Å². The van der Waals surface area contributed by atoms with Crippen LogP contribution in [0.2, 0.25) is 0 Å². The van der Waals surface area contributed by atoms with Crippen molar-refractivity contribution < 1.29 is 4.79 Å². The van der Waals surface area contributed by atoms with Gasteiger partial charge in [-0.3, -0.25) is 9.69 Å². The van der Waals surface area contributed by atoms with Gasteiger partial charge in [0, 0.05) is 26.2 Å². The summed E-state index contributed by atoms with van der Waals surface area (Å²) in [5.41, 5.74) is 3.51. The van der Waals surface area contributed by atoms with Gasteiger partial charge in [-0.2, -0.15) is 5.10 Å². The Bertz CT molecular complexity index is 754. The average molecular weight is 325 g/mol. The zero-order valence-electron chi connectivity index (χ0n) is 14.0. The van der Waals surface area contributed by atoms with Crippen molar-refractivity contribution in [3.05, 3.63) is 41.6 Å². The smallest absolute Gasteiger partial charge is 0.241 e. The summed E-state index contributed by atoms with van der Waals surface area (Å²) in [6.45, 7) is 5.54. The van der Waals surface area contributed by atoms with E-state index in [4.69, 9.17) is 0 Å². The Morgan fingerprint density at radius 2 is 2.12 bits per heavy atom. The fourth-order valence-electron chi connectivity index (χ4n) is 3.52. The van der Waals surface area contributed by atoms with Crippen LogP contribution in [0.5, 0.6) is 0 Å². The molecular formula is C18H23N5O. The van der Waals surface area contributed by atoms with Gasteiger partial charge in [0.05, 0.1) is 12.2 Å². The minimum Gasteiger partial charge on any atom is -0.368 e. The maximum Gasteiger partial charge on any atom is 0.241 e. The number of amides is 1. The molecule has 0 fully saturated rings. The maximum absolute atomic E-state index is 12.7. The van der Waals surface area contributed by atoms with Crippen LogP contribution in [0.25, 0.3) is 0 Å². The number of rotatable bonds is 3. The van der Waals surface area contributed by atoms with E-state index in [0.29, 0.717) is 0 Å². The highest BCUT2D eigenvalue weighted by atomic mass is 16.2. The number of anilines is 2.